The quantitative estimate of drug-likeness (QED) is 0.696. The highest BCUT2D eigenvalue weighted by atomic mass is 79.9. The van der Waals surface area contributed by atoms with E-state index in [2.05, 4.69) is 39.9 Å². The zero-order valence-corrected chi connectivity index (χ0v) is 9.38. The van der Waals surface area contributed by atoms with E-state index in [1.165, 1.54) is 0 Å². The van der Waals surface area contributed by atoms with Crippen molar-refractivity contribution in [1.29, 1.82) is 0 Å². The van der Waals surface area contributed by atoms with Gasteiger partial charge >= 0.3 is 0 Å². The summed E-state index contributed by atoms with van der Waals surface area (Å²) in [5.41, 5.74) is 1.14. The van der Waals surface area contributed by atoms with Crippen molar-refractivity contribution in [3.63, 3.8) is 0 Å². The van der Waals surface area contributed by atoms with Crippen LogP contribution in [0, 0.1) is 11.8 Å². The maximum absolute atomic E-state index is 5.64. The molecule has 0 radical (unpaired) electrons. The summed E-state index contributed by atoms with van der Waals surface area (Å²) in [7, 11) is 0. The monoisotopic (exact) mass is 250 g/mol. The summed E-state index contributed by atoms with van der Waals surface area (Å²) in [5.74, 6) is 6.25. The van der Waals surface area contributed by atoms with E-state index >= 15 is 0 Å². The third-order valence-electron chi connectivity index (χ3n) is 2.14. The SMILES string of the molecule is Brc1ccc([C@@H]2C#CCCCO2)cc1. The minimum Gasteiger partial charge on any atom is -0.361 e. The average Bonchev–Trinajstić information content (AvgIpc) is 2.47. The third kappa shape index (κ3) is 2.37. The van der Waals surface area contributed by atoms with Crippen LogP contribution in [-0.4, -0.2) is 6.61 Å². The van der Waals surface area contributed by atoms with Crippen LogP contribution in [0.5, 0.6) is 0 Å². The molecule has 2 rings (SSSR count). The van der Waals surface area contributed by atoms with Gasteiger partial charge < -0.3 is 4.74 Å². The Morgan fingerprint density at radius 2 is 2.07 bits per heavy atom. The van der Waals surface area contributed by atoms with Gasteiger partial charge in [-0.1, -0.05) is 34.0 Å². The van der Waals surface area contributed by atoms with Crippen LogP contribution in [0.15, 0.2) is 28.7 Å². The Morgan fingerprint density at radius 3 is 2.86 bits per heavy atom. The number of rotatable bonds is 1. The highest BCUT2D eigenvalue weighted by Gasteiger charge is 2.09. The molecule has 0 fully saturated rings. The summed E-state index contributed by atoms with van der Waals surface area (Å²) in [5, 5.41) is 0. The summed E-state index contributed by atoms with van der Waals surface area (Å²) < 4.78 is 6.73. The van der Waals surface area contributed by atoms with Gasteiger partial charge in [-0.05, 0) is 24.1 Å². The van der Waals surface area contributed by atoms with Crippen molar-refractivity contribution in [3.8, 4) is 11.8 Å². The zero-order chi connectivity index (χ0) is 9.80. The molecule has 0 saturated carbocycles. The van der Waals surface area contributed by atoms with Crippen molar-refractivity contribution < 1.29 is 4.74 Å². The molecule has 0 bridgehead atoms. The fraction of sp³-hybridized carbons (Fsp3) is 0.333. The highest BCUT2D eigenvalue weighted by Crippen LogP contribution is 2.20. The van der Waals surface area contributed by atoms with Gasteiger partial charge in [-0.25, -0.2) is 0 Å². The molecule has 0 N–H and O–H groups in total. The Morgan fingerprint density at radius 1 is 1.29 bits per heavy atom. The number of hydrogen-bond donors (Lipinski definition) is 0. The lowest BCUT2D eigenvalue weighted by Crippen LogP contribution is -2.01. The second-order valence-electron chi connectivity index (χ2n) is 3.23. The van der Waals surface area contributed by atoms with Crippen LogP contribution in [0.25, 0.3) is 0 Å². The number of hydrogen-bond acceptors (Lipinski definition) is 1. The lowest BCUT2D eigenvalue weighted by molar-refractivity contribution is 0.0933. The van der Waals surface area contributed by atoms with Crippen LogP contribution < -0.4 is 0 Å². The van der Waals surface area contributed by atoms with E-state index in [-0.39, 0.29) is 6.10 Å². The minimum atomic E-state index is -0.0365. The molecule has 1 atom stereocenters. The molecule has 0 unspecified atom stereocenters. The molecule has 0 aliphatic carbocycles. The maximum Gasteiger partial charge on any atom is 0.143 e. The molecule has 14 heavy (non-hydrogen) atoms. The molecule has 0 aromatic heterocycles. The van der Waals surface area contributed by atoms with Gasteiger partial charge in [0.15, 0.2) is 0 Å². The van der Waals surface area contributed by atoms with Crippen LogP contribution in [0.4, 0.5) is 0 Å². The topological polar surface area (TPSA) is 9.23 Å². The van der Waals surface area contributed by atoms with Crippen molar-refractivity contribution in [2.75, 3.05) is 6.61 Å². The molecule has 1 heterocycles. The summed E-state index contributed by atoms with van der Waals surface area (Å²) >= 11 is 3.41. The largest absolute Gasteiger partial charge is 0.361 e. The smallest absolute Gasteiger partial charge is 0.143 e. The van der Waals surface area contributed by atoms with Crippen LogP contribution >= 0.6 is 15.9 Å². The third-order valence-corrected chi connectivity index (χ3v) is 2.67. The molecule has 1 nitrogen and oxygen atoms in total. The molecule has 1 aliphatic heterocycles. The van der Waals surface area contributed by atoms with Gasteiger partial charge in [0, 0.05) is 17.5 Å². The van der Waals surface area contributed by atoms with E-state index in [1.54, 1.807) is 0 Å². The van der Waals surface area contributed by atoms with Gasteiger partial charge in [0.2, 0.25) is 0 Å². The van der Waals surface area contributed by atoms with Crippen LogP contribution in [0.1, 0.15) is 24.5 Å². The molecule has 1 aromatic rings. The van der Waals surface area contributed by atoms with Crippen LogP contribution in [0.3, 0.4) is 0 Å². The molecular formula is C12H11BrO. The van der Waals surface area contributed by atoms with Gasteiger partial charge in [-0.2, -0.15) is 0 Å². The van der Waals surface area contributed by atoms with Crippen molar-refractivity contribution >= 4 is 15.9 Å². The highest BCUT2D eigenvalue weighted by molar-refractivity contribution is 9.10. The standard InChI is InChI=1S/C12H11BrO/c13-11-7-5-10(6-8-11)12-4-2-1-3-9-14-12/h5-8,12H,1,3,9H2/t12-/m0/s1. The molecule has 1 aliphatic rings. The first-order valence-electron chi connectivity index (χ1n) is 4.72. The number of benzene rings is 1. The molecule has 0 saturated heterocycles. The summed E-state index contributed by atoms with van der Waals surface area (Å²) in [4.78, 5) is 0. The Kier molecular flexibility index (Phi) is 3.23. The van der Waals surface area contributed by atoms with Crippen LogP contribution in [0.2, 0.25) is 0 Å². The molecule has 2 heteroatoms. The minimum absolute atomic E-state index is 0.0365. The number of ether oxygens (including phenoxy) is 1. The summed E-state index contributed by atoms with van der Waals surface area (Å²) in [6, 6.07) is 8.14. The Balaban J connectivity index is 2.19. The fourth-order valence-corrected chi connectivity index (χ4v) is 1.65. The van der Waals surface area contributed by atoms with E-state index in [0.717, 1.165) is 29.5 Å². The first-order chi connectivity index (χ1) is 6.86. The molecule has 1 aromatic carbocycles. The van der Waals surface area contributed by atoms with Crippen molar-refractivity contribution in [1.82, 2.24) is 0 Å². The predicted octanol–water partition coefficient (Wildman–Crippen LogP) is 3.30. The Hall–Kier alpha value is -0.780. The van der Waals surface area contributed by atoms with E-state index in [4.69, 9.17) is 4.74 Å². The zero-order valence-electron chi connectivity index (χ0n) is 7.79. The van der Waals surface area contributed by atoms with Gasteiger partial charge in [0.25, 0.3) is 0 Å². The normalized spacial score (nSPS) is 20.8. The summed E-state index contributed by atoms with van der Waals surface area (Å²) in [6.07, 6.45) is 1.96. The van der Waals surface area contributed by atoms with Gasteiger partial charge in [-0.3, -0.25) is 0 Å². The van der Waals surface area contributed by atoms with E-state index in [0.29, 0.717) is 0 Å². The molecule has 0 spiro atoms. The van der Waals surface area contributed by atoms with E-state index < -0.39 is 0 Å². The van der Waals surface area contributed by atoms with E-state index in [1.807, 2.05) is 12.1 Å². The Bertz CT molecular complexity index is 358. The van der Waals surface area contributed by atoms with Crippen molar-refractivity contribution in [3.05, 3.63) is 34.3 Å². The number of halogens is 1. The fourth-order valence-electron chi connectivity index (χ4n) is 1.39. The molecule has 0 amide bonds. The lowest BCUT2D eigenvalue weighted by Gasteiger charge is -2.10. The van der Waals surface area contributed by atoms with Gasteiger partial charge in [-0.15, -0.1) is 5.92 Å². The van der Waals surface area contributed by atoms with Gasteiger partial charge in [0.05, 0.1) is 0 Å². The predicted molar refractivity (Wildman–Crippen MR) is 59.8 cm³/mol. The van der Waals surface area contributed by atoms with Crippen molar-refractivity contribution in [2.24, 2.45) is 0 Å². The van der Waals surface area contributed by atoms with Crippen molar-refractivity contribution in [2.45, 2.75) is 18.9 Å². The first kappa shape index (κ1) is 9.76. The van der Waals surface area contributed by atoms with Crippen LogP contribution in [-0.2, 0) is 4.74 Å². The maximum atomic E-state index is 5.64. The molecule has 72 valence electrons. The lowest BCUT2D eigenvalue weighted by atomic mass is 10.1. The summed E-state index contributed by atoms with van der Waals surface area (Å²) in [6.45, 7) is 0.792. The molecular weight excluding hydrogens is 240 g/mol. The first-order valence-corrected chi connectivity index (χ1v) is 5.51. The average molecular weight is 251 g/mol. The second kappa shape index (κ2) is 4.63. The second-order valence-corrected chi connectivity index (χ2v) is 4.14. The Labute approximate surface area is 92.6 Å². The van der Waals surface area contributed by atoms with Gasteiger partial charge in [0.1, 0.15) is 6.10 Å². The van der Waals surface area contributed by atoms with E-state index in [9.17, 15) is 0 Å².